The molecular formula is C11H13NO. The largest absolute Gasteiger partial charge is 0.326 e. The summed E-state index contributed by atoms with van der Waals surface area (Å²) in [6.07, 6.45) is 14.6. The van der Waals surface area contributed by atoms with Crippen LogP contribution < -0.4 is 5.32 Å². The summed E-state index contributed by atoms with van der Waals surface area (Å²) in [4.78, 5) is 10.8. The summed E-state index contributed by atoms with van der Waals surface area (Å²) >= 11 is 0. The highest BCUT2D eigenvalue weighted by Crippen LogP contribution is 1.98. The van der Waals surface area contributed by atoms with Gasteiger partial charge in [0.25, 0.3) is 0 Å². The Morgan fingerprint density at radius 1 is 1.31 bits per heavy atom. The predicted octanol–water partition coefficient (Wildman–Crippen LogP) is 2.08. The van der Waals surface area contributed by atoms with Crippen LogP contribution in [-0.2, 0) is 4.79 Å². The van der Waals surface area contributed by atoms with E-state index in [0.29, 0.717) is 0 Å². The van der Waals surface area contributed by atoms with Crippen LogP contribution in [0.3, 0.4) is 0 Å². The van der Waals surface area contributed by atoms with Crippen molar-refractivity contribution in [3.63, 3.8) is 0 Å². The second-order valence-corrected chi connectivity index (χ2v) is 2.75. The van der Waals surface area contributed by atoms with E-state index in [4.69, 9.17) is 0 Å². The summed E-state index contributed by atoms with van der Waals surface area (Å²) in [6.45, 7) is 1.50. The van der Waals surface area contributed by atoms with Crippen LogP contribution in [0.25, 0.3) is 0 Å². The molecular weight excluding hydrogens is 162 g/mol. The van der Waals surface area contributed by atoms with Crippen LogP contribution in [0.5, 0.6) is 0 Å². The quantitative estimate of drug-likeness (QED) is 0.649. The van der Waals surface area contributed by atoms with Gasteiger partial charge in [-0.1, -0.05) is 30.4 Å². The van der Waals surface area contributed by atoms with Gasteiger partial charge in [-0.2, -0.15) is 0 Å². The summed E-state index contributed by atoms with van der Waals surface area (Å²) in [7, 11) is 0. The van der Waals surface area contributed by atoms with Gasteiger partial charge >= 0.3 is 0 Å². The number of carbonyl (C=O) groups excluding carboxylic acids is 1. The van der Waals surface area contributed by atoms with E-state index in [1.807, 2.05) is 36.5 Å². The average molecular weight is 175 g/mol. The molecule has 1 aliphatic carbocycles. The molecule has 0 fully saturated rings. The van der Waals surface area contributed by atoms with Crippen LogP contribution in [0.2, 0.25) is 0 Å². The van der Waals surface area contributed by atoms with Crippen molar-refractivity contribution in [2.45, 2.75) is 13.3 Å². The van der Waals surface area contributed by atoms with Gasteiger partial charge in [0.05, 0.1) is 0 Å². The van der Waals surface area contributed by atoms with Gasteiger partial charge in [0.15, 0.2) is 0 Å². The SMILES string of the molecule is CC(=O)NC1=C/C=C\C/C=C\C=C\1. The van der Waals surface area contributed by atoms with Crippen molar-refractivity contribution in [1.29, 1.82) is 0 Å². The van der Waals surface area contributed by atoms with Crippen molar-refractivity contribution >= 4 is 5.91 Å². The lowest BCUT2D eigenvalue weighted by Crippen LogP contribution is -2.17. The van der Waals surface area contributed by atoms with Gasteiger partial charge in [-0.3, -0.25) is 4.79 Å². The van der Waals surface area contributed by atoms with E-state index < -0.39 is 0 Å². The maximum absolute atomic E-state index is 10.8. The molecule has 0 aromatic carbocycles. The molecule has 1 aliphatic rings. The third-order valence-electron chi connectivity index (χ3n) is 1.53. The van der Waals surface area contributed by atoms with Crippen molar-refractivity contribution < 1.29 is 4.79 Å². The first-order valence-electron chi connectivity index (χ1n) is 4.26. The summed E-state index contributed by atoms with van der Waals surface area (Å²) in [5.41, 5.74) is 0.815. The topological polar surface area (TPSA) is 29.1 Å². The molecule has 0 aromatic heterocycles. The normalized spacial score (nSPS) is 27.0. The molecule has 1 N–H and O–H groups in total. The number of carbonyl (C=O) groups is 1. The standard InChI is InChI=1S/C11H13NO/c1-10(13)12-11-8-6-4-2-3-5-7-9-11/h2,4-9H,3H2,1H3,(H,12,13)/b4-2-,7-5-,8-6+,11-9+. The second-order valence-electron chi connectivity index (χ2n) is 2.75. The predicted molar refractivity (Wildman–Crippen MR) is 53.9 cm³/mol. The van der Waals surface area contributed by atoms with Gasteiger partial charge in [-0.15, -0.1) is 0 Å². The number of hydrogen-bond donors (Lipinski definition) is 1. The molecule has 0 unspecified atom stereocenters. The van der Waals surface area contributed by atoms with Crippen molar-refractivity contribution in [3.8, 4) is 0 Å². The summed E-state index contributed by atoms with van der Waals surface area (Å²) in [5.74, 6) is -0.0486. The van der Waals surface area contributed by atoms with Gasteiger partial charge < -0.3 is 5.32 Å². The smallest absolute Gasteiger partial charge is 0.221 e. The Morgan fingerprint density at radius 3 is 2.85 bits per heavy atom. The maximum Gasteiger partial charge on any atom is 0.221 e. The summed E-state index contributed by atoms with van der Waals surface area (Å²) < 4.78 is 0. The highest BCUT2D eigenvalue weighted by molar-refractivity contribution is 5.75. The van der Waals surface area contributed by atoms with E-state index in [-0.39, 0.29) is 5.91 Å². The molecule has 2 nitrogen and oxygen atoms in total. The maximum atomic E-state index is 10.8. The van der Waals surface area contributed by atoms with Crippen LogP contribution in [0, 0.1) is 0 Å². The van der Waals surface area contributed by atoms with E-state index >= 15 is 0 Å². The molecule has 0 radical (unpaired) electrons. The minimum Gasteiger partial charge on any atom is -0.326 e. The van der Waals surface area contributed by atoms with Crippen LogP contribution in [0.1, 0.15) is 13.3 Å². The van der Waals surface area contributed by atoms with Crippen LogP contribution in [0.15, 0.2) is 48.2 Å². The highest BCUT2D eigenvalue weighted by atomic mass is 16.1. The van der Waals surface area contributed by atoms with E-state index in [9.17, 15) is 4.79 Å². The van der Waals surface area contributed by atoms with Crippen LogP contribution >= 0.6 is 0 Å². The van der Waals surface area contributed by atoms with Gasteiger partial charge in [-0.05, 0) is 18.6 Å². The molecule has 13 heavy (non-hydrogen) atoms. The fourth-order valence-corrected chi connectivity index (χ4v) is 0.987. The van der Waals surface area contributed by atoms with Crippen molar-refractivity contribution in [3.05, 3.63) is 48.2 Å². The molecule has 0 atom stereocenters. The van der Waals surface area contributed by atoms with Crippen LogP contribution in [-0.4, -0.2) is 5.91 Å². The highest BCUT2D eigenvalue weighted by Gasteiger charge is 1.92. The van der Waals surface area contributed by atoms with Crippen molar-refractivity contribution in [2.75, 3.05) is 0 Å². The lowest BCUT2D eigenvalue weighted by molar-refractivity contribution is -0.118. The Morgan fingerprint density at radius 2 is 2.08 bits per heavy atom. The van der Waals surface area contributed by atoms with Crippen molar-refractivity contribution in [2.24, 2.45) is 0 Å². The van der Waals surface area contributed by atoms with Crippen LogP contribution in [0.4, 0.5) is 0 Å². The summed E-state index contributed by atoms with van der Waals surface area (Å²) in [5, 5.41) is 2.73. The number of allylic oxidation sites excluding steroid dienone is 7. The Balaban J connectivity index is 2.73. The third kappa shape index (κ3) is 4.11. The molecule has 1 amide bonds. The summed E-state index contributed by atoms with van der Waals surface area (Å²) in [6, 6.07) is 0. The first-order chi connectivity index (χ1) is 6.29. The fourth-order valence-electron chi connectivity index (χ4n) is 0.987. The lowest BCUT2D eigenvalue weighted by Gasteiger charge is -1.99. The van der Waals surface area contributed by atoms with Gasteiger partial charge in [-0.25, -0.2) is 0 Å². The van der Waals surface area contributed by atoms with E-state index in [1.54, 1.807) is 0 Å². The fraction of sp³-hybridized carbons (Fsp3) is 0.182. The zero-order chi connectivity index (χ0) is 9.52. The Bertz CT molecular complexity index is 295. The van der Waals surface area contributed by atoms with E-state index in [2.05, 4.69) is 11.4 Å². The number of nitrogens with one attached hydrogen (secondary N) is 1. The first-order valence-corrected chi connectivity index (χ1v) is 4.26. The molecule has 1 rings (SSSR count). The molecule has 0 aliphatic heterocycles. The second kappa shape index (κ2) is 5.14. The molecule has 0 saturated heterocycles. The molecule has 0 spiro atoms. The van der Waals surface area contributed by atoms with E-state index in [1.165, 1.54) is 6.92 Å². The minimum absolute atomic E-state index is 0.0486. The molecule has 0 bridgehead atoms. The molecule has 0 aromatic rings. The van der Waals surface area contributed by atoms with Gasteiger partial charge in [0, 0.05) is 12.6 Å². The first kappa shape index (κ1) is 9.52. The minimum atomic E-state index is -0.0486. The Kier molecular flexibility index (Phi) is 3.76. The van der Waals surface area contributed by atoms with Gasteiger partial charge in [0.1, 0.15) is 0 Å². The molecule has 68 valence electrons. The van der Waals surface area contributed by atoms with Crippen molar-refractivity contribution in [1.82, 2.24) is 5.32 Å². The number of amides is 1. The molecule has 2 heteroatoms. The zero-order valence-corrected chi connectivity index (χ0v) is 7.66. The average Bonchev–Trinajstić information content (AvgIpc) is 2.17. The Labute approximate surface area is 78.3 Å². The van der Waals surface area contributed by atoms with E-state index in [0.717, 1.165) is 12.1 Å². The lowest BCUT2D eigenvalue weighted by atomic mass is 10.3. The van der Waals surface area contributed by atoms with Gasteiger partial charge in [0.2, 0.25) is 5.91 Å². The number of hydrogen-bond acceptors (Lipinski definition) is 1. The third-order valence-corrected chi connectivity index (χ3v) is 1.53. The number of rotatable bonds is 1. The zero-order valence-electron chi connectivity index (χ0n) is 7.66. The molecule has 0 heterocycles. The Hall–Kier alpha value is -1.57. The molecule has 0 saturated carbocycles. The monoisotopic (exact) mass is 175 g/mol.